The number of aryl methyl sites for hydroxylation is 3. The lowest BCUT2D eigenvalue weighted by Crippen LogP contribution is -2.30. The van der Waals surface area contributed by atoms with Gasteiger partial charge in [0.05, 0.1) is 39.6 Å². The molecule has 3 N–H and O–H groups in total. The molecule has 0 bridgehead atoms. The van der Waals surface area contributed by atoms with Gasteiger partial charge in [-0.15, -0.1) is 0 Å². The summed E-state index contributed by atoms with van der Waals surface area (Å²) in [4.78, 5) is 40.8. The molecule has 0 saturated heterocycles. The fraction of sp³-hybridized carbons (Fsp3) is 0.843. The van der Waals surface area contributed by atoms with Gasteiger partial charge in [0.2, 0.25) is 0 Å². The van der Waals surface area contributed by atoms with Crippen LogP contribution in [0.3, 0.4) is 0 Å². The maximum absolute atomic E-state index is 13.7. The van der Waals surface area contributed by atoms with E-state index >= 15 is 0 Å². The number of unbranched alkanes of at least 4 members (excludes halogenated alkanes) is 60. The van der Waals surface area contributed by atoms with E-state index in [4.69, 9.17) is 27.1 Å². The molecule has 3 aromatic carbocycles. The summed E-state index contributed by atoms with van der Waals surface area (Å²) in [5.74, 6) is -0.122. The van der Waals surface area contributed by atoms with Crippen molar-refractivity contribution in [2.24, 2.45) is 0 Å². The molecule has 12 heteroatoms. The minimum absolute atomic E-state index is 0.0239. The maximum atomic E-state index is 13.7. The van der Waals surface area contributed by atoms with Gasteiger partial charge in [0.1, 0.15) is 0 Å². The molecular formula is C115H214O9P3+3. The van der Waals surface area contributed by atoms with E-state index in [1.807, 2.05) is 0 Å². The molecule has 0 spiro atoms. The van der Waals surface area contributed by atoms with Crippen molar-refractivity contribution in [1.29, 1.82) is 0 Å². The minimum atomic E-state index is -3.63. The fourth-order valence-corrected chi connectivity index (χ4v) is 25.6. The quantitative estimate of drug-likeness (QED) is 0.0375. The lowest BCUT2D eigenvalue weighted by atomic mass is 9.74. The molecule has 1 atom stereocenters. The lowest BCUT2D eigenvalue weighted by molar-refractivity contribution is 0.178. The van der Waals surface area contributed by atoms with Crippen LogP contribution in [0, 0.1) is 20.8 Å². The van der Waals surface area contributed by atoms with Gasteiger partial charge >= 0.3 is 23.8 Å². The average Bonchev–Trinajstić information content (AvgIpc) is 0.749. The van der Waals surface area contributed by atoms with Gasteiger partial charge in [0.15, 0.2) is 15.9 Å². The third-order valence-electron chi connectivity index (χ3n) is 27.4. The van der Waals surface area contributed by atoms with Crippen LogP contribution in [0.15, 0.2) is 36.4 Å². The van der Waals surface area contributed by atoms with E-state index in [0.717, 1.165) is 133 Å². The summed E-state index contributed by atoms with van der Waals surface area (Å²) in [6.45, 7) is 46.6. The molecule has 3 aromatic rings. The van der Waals surface area contributed by atoms with Crippen molar-refractivity contribution in [3.05, 3.63) is 86.5 Å². The molecule has 0 fully saturated rings. The zero-order valence-electron chi connectivity index (χ0n) is 87.9. The smallest absolute Gasteiger partial charge is 0.188 e. The number of benzene rings is 3. The van der Waals surface area contributed by atoms with Gasteiger partial charge < -0.3 is 0 Å². The molecule has 0 saturated carbocycles. The summed E-state index contributed by atoms with van der Waals surface area (Å²) >= 11 is 0. The molecule has 0 heterocycles. The van der Waals surface area contributed by atoms with Crippen LogP contribution in [0.5, 0.6) is 0 Å². The van der Waals surface area contributed by atoms with Gasteiger partial charge in [0, 0.05) is 22.6 Å². The molecule has 0 aliphatic heterocycles. The van der Waals surface area contributed by atoms with Gasteiger partial charge in [-0.2, -0.15) is 41.8 Å². The Morgan fingerprint density at radius 2 is 0.362 bits per heavy atom. The van der Waals surface area contributed by atoms with E-state index in [-0.39, 0.29) is 17.3 Å². The van der Waals surface area contributed by atoms with E-state index in [9.17, 15) is 14.7 Å². The molecule has 0 amide bonds. The molecule has 0 radical (unpaired) electrons. The van der Waals surface area contributed by atoms with E-state index in [2.05, 4.69) is 168 Å². The highest BCUT2D eigenvalue weighted by Gasteiger charge is 2.52. The molecule has 9 nitrogen and oxygen atoms in total. The van der Waals surface area contributed by atoms with E-state index in [0.29, 0.717) is 39.6 Å². The summed E-state index contributed by atoms with van der Waals surface area (Å²) in [7, 11) is -10.8. The Bertz CT molecular complexity index is 2890. The van der Waals surface area contributed by atoms with Crippen LogP contribution < -0.4 is 15.9 Å². The van der Waals surface area contributed by atoms with Crippen LogP contribution in [0.2, 0.25) is 0 Å². The second-order valence-corrected chi connectivity index (χ2v) is 49.0. The number of hydrogen-bond acceptors (Lipinski definition) is 9. The van der Waals surface area contributed by atoms with Crippen molar-refractivity contribution in [2.45, 2.75) is 590 Å². The monoisotopic (exact) mass is 1830 g/mol. The standard InChI is InChI=1S/C115H214O9P3/c1-20-26-32-38-44-50-56-62-68-74-80-86-119-125(116,120-87-81-75-69-63-57-51-45-39-33-27-21-2)110-93-100(8)103(96-107(110)113(11,12)13)99(7)92-106(104-97-108(114(14,15)16)111(94-101(104)9)126(117,121-88-82-76-70-64-58-52-46-40-34-28-22-3)122-89-83-77-71-65-59-53-47-41-35-29-23-4)105-98-109(115(17,18)19)112(95-102(105)10)127(118,123-90-84-78-72-66-60-54-48-42-36-30-24-5)124-91-85-79-73-67-61-55-49-43-37-31-25-6/h93-99,106,116-118H,20-92H2,1-19H3/q+3. The third kappa shape index (κ3) is 52.6. The van der Waals surface area contributed by atoms with Crippen molar-refractivity contribution in [3.8, 4) is 0 Å². The highest BCUT2D eigenvalue weighted by molar-refractivity contribution is 7.69. The zero-order valence-corrected chi connectivity index (χ0v) is 90.6. The van der Waals surface area contributed by atoms with Gasteiger partial charge in [-0.3, -0.25) is 0 Å². The Kier molecular flexibility index (Phi) is 68.7. The molecule has 3 rings (SSSR count). The van der Waals surface area contributed by atoms with Gasteiger partial charge in [-0.05, 0) is 139 Å². The summed E-state index contributed by atoms with van der Waals surface area (Å²) < 4.78 is 42.1. The van der Waals surface area contributed by atoms with Gasteiger partial charge in [0.25, 0.3) is 0 Å². The van der Waals surface area contributed by atoms with Crippen molar-refractivity contribution < 1.29 is 41.8 Å². The van der Waals surface area contributed by atoms with Crippen LogP contribution >= 0.6 is 23.8 Å². The number of rotatable bonds is 86. The van der Waals surface area contributed by atoms with E-state index < -0.39 is 34.7 Å². The molecule has 0 aliphatic carbocycles. The molecule has 740 valence electrons. The first kappa shape index (κ1) is 120. The fourth-order valence-electron chi connectivity index (χ4n) is 19.1. The predicted octanol–water partition coefficient (Wildman–Crippen LogP) is 37.9. The van der Waals surface area contributed by atoms with Gasteiger partial charge in [-0.1, -0.05) is 514 Å². The first-order valence-electron chi connectivity index (χ1n) is 55.3. The summed E-state index contributed by atoms with van der Waals surface area (Å²) in [6.07, 6.45) is 83.0. The van der Waals surface area contributed by atoms with Crippen LogP contribution in [0.4, 0.5) is 0 Å². The van der Waals surface area contributed by atoms with Crippen LogP contribution in [-0.2, 0) is 43.4 Å². The van der Waals surface area contributed by atoms with E-state index in [1.54, 1.807) is 0 Å². The Balaban J connectivity index is 2.38. The third-order valence-corrected chi connectivity index (χ3v) is 33.6. The maximum Gasteiger partial charge on any atom is 0.446 e. The second kappa shape index (κ2) is 72.9. The van der Waals surface area contributed by atoms with Crippen molar-refractivity contribution in [1.82, 2.24) is 0 Å². The van der Waals surface area contributed by atoms with Crippen LogP contribution in [0.25, 0.3) is 0 Å². The van der Waals surface area contributed by atoms with Crippen molar-refractivity contribution in [2.75, 3.05) is 39.6 Å². The predicted molar refractivity (Wildman–Crippen MR) is 565 cm³/mol. The molecular weight excluding hydrogens is 1620 g/mol. The lowest BCUT2D eigenvalue weighted by Gasteiger charge is -2.33. The molecule has 1 unspecified atom stereocenters. The summed E-state index contributed by atoms with van der Waals surface area (Å²) in [5.41, 5.74) is 9.09. The Morgan fingerprint density at radius 1 is 0.220 bits per heavy atom. The van der Waals surface area contributed by atoms with Crippen LogP contribution in [-0.4, -0.2) is 54.3 Å². The molecule has 0 aromatic heterocycles. The van der Waals surface area contributed by atoms with Crippen molar-refractivity contribution in [3.63, 3.8) is 0 Å². The van der Waals surface area contributed by atoms with Crippen molar-refractivity contribution >= 4 is 39.7 Å². The summed E-state index contributed by atoms with van der Waals surface area (Å²) in [6, 6.07) is 14.2. The topological polar surface area (TPSA) is 116 Å². The summed E-state index contributed by atoms with van der Waals surface area (Å²) in [5, 5.41) is 2.46. The largest absolute Gasteiger partial charge is 0.446 e. The SMILES string of the molecule is CCCCCCCCCCCCCO[P+](O)(OCCCCCCCCCCCCC)c1cc(C)c(C(C)CC(c2cc(C(C)(C)C)c([P+](O)(OCCCCCCCCCCCCC)OCCCCCCCCCCCCC)cc2C)c2cc(C(C)(C)C)c([P+](O)(OCCCCCCCCCCCCC)OCCCCCCCCCCCCC)cc2C)cc1C(C)(C)C. The minimum Gasteiger partial charge on any atom is -0.188 e. The number of hydrogen-bond donors (Lipinski definition) is 3. The molecule has 0 aliphatic rings. The van der Waals surface area contributed by atoms with Crippen LogP contribution in [0.1, 0.15) is 603 Å². The second-order valence-electron chi connectivity index (χ2n) is 42.9. The molecule has 127 heavy (non-hydrogen) atoms. The first-order chi connectivity index (χ1) is 61.1. The zero-order chi connectivity index (χ0) is 93.2. The average molecular weight is 1830 g/mol. The van der Waals surface area contributed by atoms with Gasteiger partial charge in [-0.25, -0.2) is 0 Å². The Morgan fingerprint density at radius 3 is 0.520 bits per heavy atom. The Labute approximate surface area is 792 Å². The van der Waals surface area contributed by atoms with E-state index in [1.165, 1.54) is 363 Å². The Hall–Kier alpha value is -1.41. The highest BCUT2D eigenvalue weighted by atomic mass is 31.2. The normalized spacial score (nSPS) is 13.0. The highest BCUT2D eigenvalue weighted by Crippen LogP contribution is 2.62. The first-order valence-corrected chi connectivity index (χ1v) is 60.0.